The van der Waals surface area contributed by atoms with E-state index >= 15 is 0 Å². The first-order valence-corrected chi connectivity index (χ1v) is 11.4. The number of nitrogens with one attached hydrogen (secondary N) is 1. The Morgan fingerprint density at radius 3 is 2.34 bits per heavy atom. The molecule has 11 heteroatoms. The Kier molecular flexibility index (Phi) is 6.62. The molecule has 2 aliphatic heterocycles. The summed E-state index contributed by atoms with van der Waals surface area (Å²) < 4.78 is 29.5. The lowest BCUT2D eigenvalue weighted by atomic mass is 10.2. The summed E-state index contributed by atoms with van der Waals surface area (Å²) >= 11 is 5.26. The van der Waals surface area contributed by atoms with Crippen molar-refractivity contribution in [3.63, 3.8) is 0 Å². The van der Waals surface area contributed by atoms with Gasteiger partial charge in [-0.1, -0.05) is 26.1 Å². The van der Waals surface area contributed by atoms with E-state index in [0.717, 1.165) is 16.4 Å². The molecule has 29 heavy (non-hydrogen) atoms. The van der Waals surface area contributed by atoms with Crippen LogP contribution in [0.3, 0.4) is 0 Å². The number of piperazine rings is 1. The number of cyclic esters (lactones) is 1. The maximum atomic E-state index is 12.2. The van der Waals surface area contributed by atoms with Gasteiger partial charge >= 0.3 is 6.09 Å². The molecular formula is C18H27N5O4S2. The minimum absolute atomic E-state index is 0.248. The topological polar surface area (TPSA) is 108 Å². The Morgan fingerprint density at radius 1 is 1.21 bits per heavy atom. The van der Waals surface area contributed by atoms with Gasteiger partial charge < -0.3 is 15.0 Å². The third-order valence-electron chi connectivity index (χ3n) is 5.03. The van der Waals surface area contributed by atoms with Crippen LogP contribution in [-0.4, -0.2) is 69.2 Å². The molecule has 160 valence electrons. The number of amides is 1. The molecule has 3 N–H and O–H groups in total. The predicted octanol–water partition coefficient (Wildman–Crippen LogP) is 0.910. The molecule has 0 aromatic heterocycles. The molecule has 1 amide bonds. The number of nitrogens with two attached hydrogens (primary N) is 1. The van der Waals surface area contributed by atoms with Crippen LogP contribution in [0.25, 0.3) is 0 Å². The van der Waals surface area contributed by atoms with Crippen molar-refractivity contribution in [1.82, 2.24) is 9.62 Å². The highest BCUT2D eigenvalue weighted by Gasteiger charge is 2.32. The van der Waals surface area contributed by atoms with Crippen LogP contribution in [0.5, 0.6) is 0 Å². The summed E-state index contributed by atoms with van der Waals surface area (Å²) in [6.45, 7) is 6.80. The Bertz CT molecular complexity index is 852. The fourth-order valence-corrected chi connectivity index (χ4v) is 4.06. The van der Waals surface area contributed by atoms with E-state index < -0.39 is 10.2 Å². The summed E-state index contributed by atoms with van der Waals surface area (Å²) in [6, 6.07) is 7.60. The average Bonchev–Trinajstić information content (AvgIpc) is 3.06. The van der Waals surface area contributed by atoms with Crippen molar-refractivity contribution in [1.29, 1.82) is 0 Å². The number of ether oxygens (including phenoxy) is 1. The van der Waals surface area contributed by atoms with E-state index in [1.54, 1.807) is 4.90 Å². The summed E-state index contributed by atoms with van der Waals surface area (Å²) in [4.78, 5) is 16.7. The Balaban J connectivity index is 1.56. The van der Waals surface area contributed by atoms with E-state index in [1.165, 1.54) is 4.31 Å². The van der Waals surface area contributed by atoms with Crippen LogP contribution in [0.1, 0.15) is 13.8 Å². The molecule has 0 bridgehead atoms. The summed E-state index contributed by atoms with van der Waals surface area (Å²) in [5.41, 5.74) is 1.73. The quantitative estimate of drug-likeness (QED) is 0.632. The van der Waals surface area contributed by atoms with Crippen molar-refractivity contribution in [2.24, 2.45) is 11.1 Å². The molecule has 3 rings (SSSR count). The van der Waals surface area contributed by atoms with Crippen molar-refractivity contribution in [2.45, 2.75) is 20.0 Å². The Labute approximate surface area is 176 Å². The molecule has 0 radical (unpaired) electrons. The van der Waals surface area contributed by atoms with Gasteiger partial charge in [-0.2, -0.15) is 12.7 Å². The Morgan fingerprint density at radius 2 is 1.79 bits per heavy atom. The number of hydrogen-bond donors (Lipinski definition) is 2. The first kappa shape index (κ1) is 21.8. The maximum absolute atomic E-state index is 12.2. The zero-order chi connectivity index (χ0) is 21.2. The standard InChI is InChI=1S/C18H27N5O4S2/c1-13(2)17(28)20-11-16-12-23(18(24)27-16)15-5-3-14(4-6-15)21-7-9-22(10-8-21)29(19,25)26/h3-6,13,16H,7-12H2,1-2H3,(H,20,28)(H2,19,25,26). The van der Waals surface area contributed by atoms with Crippen LogP contribution in [0, 0.1) is 5.92 Å². The Hall–Kier alpha value is -1.95. The van der Waals surface area contributed by atoms with Gasteiger partial charge in [0.2, 0.25) is 0 Å². The number of anilines is 2. The largest absolute Gasteiger partial charge is 0.442 e. The molecule has 2 saturated heterocycles. The second kappa shape index (κ2) is 8.82. The SMILES string of the molecule is CC(C)C(=S)NCC1CN(c2ccc(N3CCN(S(N)(=O)=O)CC3)cc2)C(=O)O1. The minimum Gasteiger partial charge on any atom is -0.442 e. The van der Waals surface area contributed by atoms with Gasteiger partial charge in [-0.25, -0.2) is 9.93 Å². The molecule has 1 unspecified atom stereocenters. The van der Waals surface area contributed by atoms with Crippen LogP contribution in [0.2, 0.25) is 0 Å². The van der Waals surface area contributed by atoms with Gasteiger partial charge in [0, 0.05) is 43.5 Å². The summed E-state index contributed by atoms with van der Waals surface area (Å²) in [5.74, 6) is 0.248. The highest BCUT2D eigenvalue weighted by molar-refractivity contribution is 7.86. The highest BCUT2D eigenvalue weighted by Crippen LogP contribution is 2.25. The van der Waals surface area contributed by atoms with Gasteiger partial charge in [0.05, 0.1) is 18.1 Å². The van der Waals surface area contributed by atoms with E-state index in [4.69, 9.17) is 22.1 Å². The van der Waals surface area contributed by atoms with E-state index in [2.05, 4.69) is 10.2 Å². The number of benzene rings is 1. The molecule has 1 aromatic carbocycles. The van der Waals surface area contributed by atoms with Gasteiger partial charge in [-0.3, -0.25) is 4.90 Å². The van der Waals surface area contributed by atoms with Gasteiger partial charge in [-0.15, -0.1) is 0 Å². The van der Waals surface area contributed by atoms with Crippen LogP contribution < -0.4 is 20.3 Å². The van der Waals surface area contributed by atoms with Crippen molar-refractivity contribution >= 4 is 44.9 Å². The number of nitrogens with zero attached hydrogens (tertiary/aromatic N) is 3. The molecule has 1 atom stereocenters. The van der Waals surface area contributed by atoms with Gasteiger partial charge in [0.1, 0.15) is 6.10 Å². The molecule has 2 fully saturated rings. The number of carbonyl (C=O) groups is 1. The van der Waals surface area contributed by atoms with Crippen molar-refractivity contribution in [3.05, 3.63) is 24.3 Å². The van der Waals surface area contributed by atoms with Crippen LogP contribution in [-0.2, 0) is 14.9 Å². The van der Waals surface area contributed by atoms with Crippen LogP contribution in [0.15, 0.2) is 24.3 Å². The zero-order valence-corrected chi connectivity index (χ0v) is 18.2. The van der Waals surface area contributed by atoms with Gasteiger partial charge in [0.15, 0.2) is 0 Å². The fraction of sp³-hybridized carbons (Fsp3) is 0.556. The lowest BCUT2D eigenvalue weighted by Gasteiger charge is -2.34. The first-order valence-electron chi connectivity index (χ1n) is 9.54. The van der Waals surface area contributed by atoms with Gasteiger partial charge in [0.25, 0.3) is 10.2 Å². The van der Waals surface area contributed by atoms with Crippen LogP contribution in [0.4, 0.5) is 16.2 Å². The molecular weight excluding hydrogens is 414 g/mol. The third-order valence-corrected chi connectivity index (χ3v) is 6.73. The second-order valence-electron chi connectivity index (χ2n) is 7.46. The predicted molar refractivity (Wildman–Crippen MR) is 116 cm³/mol. The van der Waals surface area contributed by atoms with E-state index in [0.29, 0.717) is 39.3 Å². The minimum atomic E-state index is -3.64. The molecule has 2 aliphatic rings. The number of hydrogen-bond acceptors (Lipinski definition) is 6. The summed E-state index contributed by atoms with van der Waals surface area (Å²) in [5, 5.41) is 8.33. The van der Waals surface area contributed by atoms with Crippen molar-refractivity contribution in [3.8, 4) is 0 Å². The zero-order valence-electron chi connectivity index (χ0n) is 16.6. The molecule has 0 spiro atoms. The number of thiocarbonyl (C=S) groups is 1. The highest BCUT2D eigenvalue weighted by atomic mass is 32.2. The maximum Gasteiger partial charge on any atom is 0.414 e. The second-order valence-corrected chi connectivity index (χ2v) is 9.45. The number of carbonyl (C=O) groups excluding carboxylic acids is 1. The van der Waals surface area contributed by atoms with Crippen molar-refractivity contribution < 1.29 is 17.9 Å². The smallest absolute Gasteiger partial charge is 0.414 e. The lowest BCUT2D eigenvalue weighted by Crippen LogP contribution is -2.50. The molecule has 9 nitrogen and oxygen atoms in total. The lowest BCUT2D eigenvalue weighted by molar-refractivity contribution is 0.143. The molecule has 0 aliphatic carbocycles. The molecule has 2 heterocycles. The monoisotopic (exact) mass is 441 g/mol. The summed E-state index contributed by atoms with van der Waals surface area (Å²) in [6.07, 6.45) is -0.632. The normalized spacial score (nSPS) is 20.8. The molecule has 1 aromatic rings. The first-order chi connectivity index (χ1) is 13.6. The summed E-state index contributed by atoms with van der Waals surface area (Å²) in [7, 11) is -3.64. The van der Waals surface area contributed by atoms with E-state index in [9.17, 15) is 13.2 Å². The molecule has 0 saturated carbocycles. The average molecular weight is 442 g/mol. The van der Waals surface area contributed by atoms with E-state index in [-0.39, 0.29) is 18.1 Å². The third kappa shape index (κ3) is 5.35. The van der Waals surface area contributed by atoms with Crippen LogP contribution >= 0.6 is 12.2 Å². The van der Waals surface area contributed by atoms with Crippen molar-refractivity contribution in [2.75, 3.05) is 49.1 Å². The fourth-order valence-electron chi connectivity index (χ4n) is 3.30. The van der Waals surface area contributed by atoms with Gasteiger partial charge in [-0.05, 0) is 24.3 Å². The number of rotatable bonds is 6. The van der Waals surface area contributed by atoms with E-state index in [1.807, 2.05) is 38.1 Å².